The lowest BCUT2D eigenvalue weighted by Crippen LogP contribution is -2.68. The van der Waals surface area contributed by atoms with Crippen molar-refractivity contribution in [2.45, 2.75) is 175 Å². The summed E-state index contributed by atoms with van der Waals surface area (Å²) in [5.41, 5.74) is -1.75. The van der Waals surface area contributed by atoms with E-state index >= 15 is 0 Å². The summed E-state index contributed by atoms with van der Waals surface area (Å²) < 4.78 is 42.4. The fourth-order valence-electron chi connectivity index (χ4n) is 12.5. The second-order valence-corrected chi connectivity index (χ2v) is 19.1. The van der Waals surface area contributed by atoms with E-state index in [0.717, 1.165) is 24.8 Å². The van der Waals surface area contributed by atoms with E-state index in [2.05, 4.69) is 13.5 Å². The van der Waals surface area contributed by atoms with Gasteiger partial charge in [0, 0.05) is 0 Å². The van der Waals surface area contributed by atoms with Gasteiger partial charge < -0.3 is 94.4 Å². The van der Waals surface area contributed by atoms with Crippen LogP contribution in [0.15, 0.2) is 12.2 Å². The van der Waals surface area contributed by atoms with Crippen molar-refractivity contribution in [3.63, 3.8) is 0 Å². The number of esters is 1. The van der Waals surface area contributed by atoms with Crippen LogP contribution in [-0.4, -0.2) is 204 Å². The molecule has 7 rings (SSSR count). The number of aliphatic hydroxyl groups is 12. The average molecular weight is 879 g/mol. The number of carbonyl (C=O) groups excluding carboxylic acids is 1. The third-order valence-corrected chi connectivity index (χ3v) is 15.6. The van der Waals surface area contributed by atoms with E-state index in [4.69, 9.17) is 33.2 Å². The molecule has 61 heavy (non-hydrogen) atoms. The van der Waals surface area contributed by atoms with Crippen molar-refractivity contribution in [2.75, 3.05) is 33.0 Å². The average Bonchev–Trinajstić information content (AvgIpc) is 3.44. The van der Waals surface area contributed by atoms with Gasteiger partial charge in [0.1, 0.15) is 86.0 Å². The fraction of sp³-hybridized carbons (Fsp3) is 0.927. The number of ether oxygens (including phenoxy) is 7. The zero-order valence-electron chi connectivity index (χ0n) is 34.6. The smallest absolute Gasteiger partial charge is 0.312 e. The summed E-state index contributed by atoms with van der Waals surface area (Å²) in [6.07, 6.45) is -21.0. The van der Waals surface area contributed by atoms with Gasteiger partial charge in [-0.25, -0.2) is 0 Å². The molecular weight excluding hydrogens is 812 g/mol. The number of fused-ring (bicyclic) bond motifs is 3. The van der Waals surface area contributed by atoms with Crippen LogP contribution in [0.25, 0.3) is 0 Å². The maximum atomic E-state index is 13.7. The largest absolute Gasteiger partial charge is 0.462 e. The standard InChI is InChI=1S/C41H66O20/c1-18-11-40-9-5-23-38(2,7-4-8-39(23,3)37(54)55-16-19(46)12-42)24(40)6-10-41(18,17-40)61-36-33(60-35-31(53)29(51)26(48)21(14-44)57-35)32(27(49)22(15-45)58-36)59-34-30(52)28(50)25(47)20(13-43)56-34/h19-36,42-53H,1,4-17H2,2-3H3/t19-,20-,21-,22-,23+,24+,25-,26-,27-,28+,29+,30-,31-,32+,33-,34+,35+,36+,38-,39-,40-,41+/m1/s1. The van der Waals surface area contributed by atoms with Crippen LogP contribution >= 0.6 is 0 Å². The van der Waals surface area contributed by atoms with Crippen LogP contribution in [0.5, 0.6) is 0 Å². The highest BCUT2D eigenvalue weighted by molar-refractivity contribution is 5.77. The molecule has 3 saturated heterocycles. The van der Waals surface area contributed by atoms with E-state index in [1.807, 2.05) is 6.92 Å². The molecule has 7 aliphatic rings. The van der Waals surface area contributed by atoms with Crippen molar-refractivity contribution in [3.8, 4) is 0 Å². The van der Waals surface area contributed by atoms with Gasteiger partial charge in [-0.2, -0.15) is 0 Å². The summed E-state index contributed by atoms with van der Waals surface area (Å²) >= 11 is 0. The van der Waals surface area contributed by atoms with Gasteiger partial charge in [0.25, 0.3) is 0 Å². The van der Waals surface area contributed by atoms with Crippen LogP contribution in [0.2, 0.25) is 0 Å². The first kappa shape index (κ1) is 47.5. The molecule has 3 heterocycles. The molecule has 3 aliphatic heterocycles. The van der Waals surface area contributed by atoms with E-state index in [1.54, 1.807) is 0 Å². The van der Waals surface area contributed by atoms with E-state index in [9.17, 15) is 66.1 Å². The minimum atomic E-state index is -1.93. The minimum absolute atomic E-state index is 0.0319. The quantitative estimate of drug-likeness (QED) is 0.0484. The maximum Gasteiger partial charge on any atom is 0.312 e. The van der Waals surface area contributed by atoms with Gasteiger partial charge >= 0.3 is 5.97 Å². The van der Waals surface area contributed by atoms with Crippen LogP contribution < -0.4 is 0 Å². The highest BCUT2D eigenvalue weighted by Gasteiger charge is 2.69. The molecular formula is C41H66O20. The monoisotopic (exact) mass is 878 g/mol. The Morgan fingerprint density at radius 3 is 1.82 bits per heavy atom. The number of hydrogen-bond donors (Lipinski definition) is 12. The molecule has 0 aromatic carbocycles. The Labute approximate surface area is 353 Å². The first-order valence-electron chi connectivity index (χ1n) is 21.5. The van der Waals surface area contributed by atoms with Gasteiger partial charge in [0.2, 0.25) is 0 Å². The van der Waals surface area contributed by atoms with E-state index in [0.29, 0.717) is 38.5 Å². The van der Waals surface area contributed by atoms with E-state index in [1.165, 1.54) is 0 Å². The normalized spacial score (nSPS) is 51.6. The van der Waals surface area contributed by atoms with Crippen molar-refractivity contribution in [1.29, 1.82) is 0 Å². The summed E-state index contributed by atoms with van der Waals surface area (Å²) in [7, 11) is 0. The first-order valence-corrected chi connectivity index (χ1v) is 21.5. The van der Waals surface area contributed by atoms with E-state index < -0.39 is 142 Å². The second kappa shape index (κ2) is 18.0. The van der Waals surface area contributed by atoms with Gasteiger partial charge in [-0.05, 0) is 86.5 Å². The van der Waals surface area contributed by atoms with Crippen LogP contribution in [0, 0.1) is 28.1 Å². The Morgan fingerprint density at radius 1 is 0.705 bits per heavy atom. The zero-order valence-corrected chi connectivity index (χ0v) is 34.6. The van der Waals surface area contributed by atoms with Crippen molar-refractivity contribution in [3.05, 3.63) is 12.2 Å². The lowest BCUT2D eigenvalue weighted by atomic mass is 9.41. The van der Waals surface area contributed by atoms with Crippen LogP contribution in [0.3, 0.4) is 0 Å². The predicted octanol–water partition coefficient (Wildman–Crippen LogP) is -3.56. The zero-order chi connectivity index (χ0) is 44.4. The summed E-state index contributed by atoms with van der Waals surface area (Å²) in [6.45, 7) is 5.51. The molecule has 1 spiro atoms. The van der Waals surface area contributed by atoms with Crippen molar-refractivity contribution in [1.82, 2.24) is 0 Å². The molecule has 12 N–H and O–H groups in total. The van der Waals surface area contributed by atoms with E-state index in [-0.39, 0.29) is 29.3 Å². The number of rotatable bonds is 13. The Kier molecular flexibility index (Phi) is 14.0. The van der Waals surface area contributed by atoms with Crippen molar-refractivity contribution in [2.24, 2.45) is 28.1 Å². The third kappa shape index (κ3) is 8.13. The molecule has 0 unspecified atom stereocenters. The molecule has 0 radical (unpaired) electrons. The van der Waals surface area contributed by atoms with Crippen molar-refractivity contribution < 1.29 is 99.2 Å². The van der Waals surface area contributed by atoms with Gasteiger partial charge in [-0.15, -0.1) is 0 Å². The van der Waals surface area contributed by atoms with Gasteiger partial charge in [-0.3, -0.25) is 4.79 Å². The lowest BCUT2D eigenvalue weighted by Gasteiger charge is -2.64. The number of aliphatic hydroxyl groups excluding tert-OH is 12. The SMILES string of the molecule is C=C1C[C@@]23CC[C@H]4[C@@](C)(CCC[C@@]4(C)C(=O)OC[C@H](O)CO)[C@@H]2CC[C@]1(O[C@@H]1O[C@H](CO)[C@@H](O)[C@H](O[C@@H]2O[C@H](CO)[C@@H](O)[C@H](O)[C@H]2O)[C@H]1O[C@@H]1O[C@H](CO)[C@@H](O)[C@H](O)[C@H]1O)C3. The molecule has 2 bridgehead atoms. The Morgan fingerprint density at radius 2 is 1.25 bits per heavy atom. The predicted molar refractivity (Wildman–Crippen MR) is 203 cm³/mol. The second-order valence-electron chi connectivity index (χ2n) is 19.1. The number of hydrogen-bond acceptors (Lipinski definition) is 20. The molecule has 0 aromatic rings. The van der Waals surface area contributed by atoms with Crippen LogP contribution in [-0.2, 0) is 38.0 Å². The minimum Gasteiger partial charge on any atom is -0.462 e. The highest BCUT2D eigenvalue weighted by Crippen LogP contribution is 2.73. The molecule has 22 atom stereocenters. The van der Waals surface area contributed by atoms with Gasteiger partial charge in [0.15, 0.2) is 18.9 Å². The summed E-state index contributed by atoms with van der Waals surface area (Å²) in [4.78, 5) is 13.7. The molecule has 7 fully saturated rings. The van der Waals surface area contributed by atoms with Gasteiger partial charge in [0.05, 0.1) is 37.4 Å². The highest BCUT2D eigenvalue weighted by atomic mass is 16.8. The summed E-state index contributed by atoms with van der Waals surface area (Å²) in [6, 6.07) is 0. The van der Waals surface area contributed by atoms with Crippen LogP contribution in [0.4, 0.5) is 0 Å². The Hall–Kier alpha value is -1.51. The summed E-state index contributed by atoms with van der Waals surface area (Å²) in [5.74, 6) is -0.291. The fourth-order valence-corrected chi connectivity index (χ4v) is 12.5. The number of carbonyl (C=O) groups is 1. The lowest BCUT2D eigenvalue weighted by molar-refractivity contribution is -0.400. The molecule has 350 valence electrons. The molecule has 0 aromatic heterocycles. The molecule has 0 amide bonds. The topological polar surface area (TPSA) is 324 Å². The Balaban J connectivity index is 1.18. The van der Waals surface area contributed by atoms with Gasteiger partial charge in [-0.1, -0.05) is 19.9 Å². The van der Waals surface area contributed by atoms with Crippen LogP contribution in [0.1, 0.15) is 71.6 Å². The Bertz CT molecular complexity index is 1550. The molecule has 4 saturated carbocycles. The maximum absolute atomic E-state index is 13.7. The third-order valence-electron chi connectivity index (χ3n) is 15.6. The molecule has 4 aliphatic carbocycles. The molecule has 20 nitrogen and oxygen atoms in total. The van der Waals surface area contributed by atoms with Crippen molar-refractivity contribution >= 4 is 5.97 Å². The summed E-state index contributed by atoms with van der Waals surface area (Å²) in [5, 5.41) is 125. The first-order chi connectivity index (χ1) is 28.8. The molecule has 20 heteroatoms.